The molecule has 0 aliphatic rings. The van der Waals surface area contributed by atoms with E-state index < -0.39 is 24.7 Å². The zero-order valence-electron chi connectivity index (χ0n) is 7.68. The first-order valence-electron chi connectivity index (χ1n) is 1.60. The van der Waals surface area contributed by atoms with E-state index in [1.54, 1.807) is 0 Å². The van der Waals surface area contributed by atoms with Crippen molar-refractivity contribution in [1.29, 1.82) is 0 Å². The van der Waals surface area contributed by atoms with Gasteiger partial charge in [0.2, 0.25) is 0 Å². The molecule has 0 saturated carbocycles. The quantitative estimate of drug-likeness (QED) is 0.236. The minimum atomic E-state index is -3.79. The molecule has 0 rings (SSSR count). The van der Waals surface area contributed by atoms with Crippen molar-refractivity contribution in [2.75, 3.05) is 0 Å². The molecule has 0 spiro atoms. The standard InChI is InChI=1S/Mg.2NO3.2Na.H2O3Se/c;2*2-1(3)4;;;1-4(2)3/h;;;;;(H2,1,2,3)/q+2;2*-1;2*+1;/p-2. The van der Waals surface area contributed by atoms with Crippen molar-refractivity contribution in [2.24, 2.45) is 0 Å². The topological polar surface area (TPSA) is 196 Å². The maximum Gasteiger partial charge on any atom is 2.00 e. The average Bonchev–Trinajstić information content (AvgIpc) is 1.54. The molecule has 0 unspecified atom stereocenters. The minimum absolute atomic E-state index is 0. The van der Waals surface area contributed by atoms with Gasteiger partial charge in [-0.3, -0.25) is 0 Å². The van der Waals surface area contributed by atoms with E-state index in [9.17, 15) is 0 Å². The van der Waals surface area contributed by atoms with E-state index in [4.69, 9.17) is 42.9 Å². The molecule has 0 bridgehead atoms. The van der Waals surface area contributed by atoms with Crippen LogP contribution in [0.4, 0.5) is 0 Å². The van der Waals surface area contributed by atoms with Crippen LogP contribution in [0.5, 0.6) is 0 Å². The van der Waals surface area contributed by atoms with Crippen LogP contribution in [-0.2, 0) is 3.83 Å². The summed E-state index contributed by atoms with van der Waals surface area (Å²) in [6.07, 6.45) is 0. The second-order valence-electron chi connectivity index (χ2n) is 0.651. The van der Waals surface area contributed by atoms with Crippen LogP contribution in [-0.4, -0.2) is 47.7 Å². The van der Waals surface area contributed by atoms with Crippen molar-refractivity contribution < 1.29 is 81.5 Å². The Morgan fingerprint density at radius 3 is 0.800 bits per heavy atom. The van der Waals surface area contributed by atoms with Gasteiger partial charge in [-0.25, -0.2) is 0 Å². The van der Waals surface area contributed by atoms with Gasteiger partial charge < -0.3 is 30.6 Å². The molecule has 15 heteroatoms. The Hall–Kier alpha value is 1.41. The molecule has 0 aliphatic heterocycles. The second-order valence-corrected chi connectivity index (χ2v) is 1.51. The molecule has 0 aromatic heterocycles. The zero-order valence-corrected chi connectivity index (χ0v) is 14.8. The van der Waals surface area contributed by atoms with Gasteiger partial charge in [0.25, 0.3) is 0 Å². The maximum absolute atomic E-state index is 8.54. The van der Waals surface area contributed by atoms with Gasteiger partial charge in [0.15, 0.2) is 0 Å². The zero-order chi connectivity index (χ0) is 10.7. The van der Waals surface area contributed by atoms with E-state index in [2.05, 4.69) is 0 Å². The van der Waals surface area contributed by atoms with Crippen LogP contribution in [0.2, 0.25) is 0 Å². The summed E-state index contributed by atoms with van der Waals surface area (Å²) < 4.78 is 25.6. The first-order chi connectivity index (χ1) is 5.20. The molecule has 0 heterocycles. The molecular weight excluding hydrogens is 321 g/mol. The van der Waals surface area contributed by atoms with E-state index >= 15 is 0 Å². The predicted octanol–water partition coefficient (Wildman–Crippen LogP) is -9.73. The maximum atomic E-state index is 8.54. The summed E-state index contributed by atoms with van der Waals surface area (Å²) in [5.41, 5.74) is 0. The van der Waals surface area contributed by atoms with E-state index in [0.717, 1.165) is 0 Å². The van der Waals surface area contributed by atoms with Gasteiger partial charge in [0, 0.05) is 0 Å². The smallest absolute Gasteiger partial charge is 1.00 e. The van der Waals surface area contributed by atoms with Crippen molar-refractivity contribution >= 4 is 37.5 Å². The van der Waals surface area contributed by atoms with E-state index in [1.807, 2.05) is 0 Å². The molecule has 0 radical (unpaired) electrons. The van der Waals surface area contributed by atoms with Gasteiger partial charge in [-0.2, -0.15) is 0 Å². The molecule has 74 valence electrons. The van der Waals surface area contributed by atoms with Crippen molar-refractivity contribution in [3.63, 3.8) is 0 Å². The molecule has 0 saturated heterocycles. The molecule has 0 aliphatic carbocycles. The second kappa shape index (κ2) is 29.5. The van der Waals surface area contributed by atoms with E-state index in [-0.39, 0.29) is 82.2 Å². The molecule has 0 aromatic carbocycles. The Labute approximate surface area is 148 Å². The summed E-state index contributed by atoms with van der Waals surface area (Å²) in [7, 11) is 0. The Balaban J connectivity index is -0.0000000184. The number of nitrogens with zero attached hydrogens (tertiary/aromatic N) is 2. The fourth-order valence-electron chi connectivity index (χ4n) is 0. The summed E-state index contributed by atoms with van der Waals surface area (Å²) >= 11 is -3.79. The fraction of sp³-hybridized carbons (Fsp3) is 0. The largest absolute Gasteiger partial charge is 2.00 e. The molecule has 0 aromatic rings. The minimum Gasteiger partial charge on any atom is 1.00 e. The van der Waals surface area contributed by atoms with Gasteiger partial charge in [-0.05, 0) is 0 Å². The molecule has 0 atom stereocenters. The third kappa shape index (κ3) is 1400. The average molecular weight is 321 g/mol. The predicted molar refractivity (Wildman–Crippen MR) is 32.9 cm³/mol. The van der Waals surface area contributed by atoms with Gasteiger partial charge >= 0.3 is 109 Å². The van der Waals surface area contributed by atoms with Crippen LogP contribution in [0, 0.1) is 30.6 Å². The number of hydrogen-bond acceptors (Lipinski definition) is 9. The normalized spacial score (nSPS) is 5.53. The molecule has 15 heavy (non-hydrogen) atoms. The van der Waals surface area contributed by atoms with Gasteiger partial charge in [0.1, 0.15) is 0 Å². The van der Waals surface area contributed by atoms with Crippen LogP contribution < -0.4 is 67.5 Å². The Kier molecular flexibility index (Phi) is 70.8. The number of rotatable bonds is 0. The SMILES string of the molecule is O=[N+]([O-])[O-].O=[N+]([O-])[O-].O=[Se]([O-])[O-].[Mg+2].[Na+].[Na+]. The summed E-state index contributed by atoms with van der Waals surface area (Å²) in [6, 6.07) is 0. The molecule has 0 amide bonds. The summed E-state index contributed by atoms with van der Waals surface area (Å²) in [5.74, 6) is 0. The first kappa shape index (κ1) is 36.0. The third-order valence-electron chi connectivity index (χ3n) is 0. The van der Waals surface area contributed by atoms with Crippen molar-refractivity contribution in [3.8, 4) is 0 Å². The first-order valence-corrected chi connectivity index (χ1v) is 3.69. The van der Waals surface area contributed by atoms with Gasteiger partial charge in [-0.15, -0.1) is 0 Å². The Bertz CT molecular complexity index is 124. The molecule has 0 N–H and O–H groups in total. The van der Waals surface area contributed by atoms with Crippen LogP contribution in [0.3, 0.4) is 0 Å². The van der Waals surface area contributed by atoms with Crippen molar-refractivity contribution in [3.05, 3.63) is 30.6 Å². The molecular formula is MgN2Na2O9Se. The van der Waals surface area contributed by atoms with Crippen molar-refractivity contribution in [1.82, 2.24) is 0 Å². The molecule has 11 nitrogen and oxygen atoms in total. The van der Waals surface area contributed by atoms with Crippen LogP contribution >= 0.6 is 0 Å². The fourth-order valence-corrected chi connectivity index (χ4v) is 0. The third-order valence-corrected chi connectivity index (χ3v) is 0. The summed E-state index contributed by atoms with van der Waals surface area (Å²) in [5, 5.41) is 29.5. The monoisotopic (exact) mass is 322 g/mol. The van der Waals surface area contributed by atoms with Crippen molar-refractivity contribution in [2.45, 2.75) is 0 Å². The van der Waals surface area contributed by atoms with Gasteiger partial charge in [-0.1, -0.05) is 0 Å². The van der Waals surface area contributed by atoms with Crippen LogP contribution in [0.1, 0.15) is 0 Å². The van der Waals surface area contributed by atoms with Gasteiger partial charge in [0.05, 0.1) is 10.2 Å². The van der Waals surface area contributed by atoms with Crippen LogP contribution in [0.25, 0.3) is 0 Å². The Morgan fingerprint density at radius 1 is 0.800 bits per heavy atom. The Morgan fingerprint density at radius 2 is 0.800 bits per heavy atom. The molecule has 0 fully saturated rings. The van der Waals surface area contributed by atoms with E-state index in [0.29, 0.717) is 0 Å². The number of hydrogen-bond donors (Lipinski definition) is 0. The summed E-state index contributed by atoms with van der Waals surface area (Å²) in [4.78, 5) is 16.5. The van der Waals surface area contributed by atoms with Crippen LogP contribution in [0.15, 0.2) is 0 Å². The van der Waals surface area contributed by atoms with E-state index in [1.165, 1.54) is 0 Å². The summed E-state index contributed by atoms with van der Waals surface area (Å²) in [6.45, 7) is 0.